The number of allylic oxidation sites excluding steroid dienone is 5. The van der Waals surface area contributed by atoms with E-state index < -0.39 is 0 Å². The van der Waals surface area contributed by atoms with Crippen LogP contribution in [0, 0.1) is 5.92 Å². The number of hydrogen-bond acceptors (Lipinski definition) is 0. The van der Waals surface area contributed by atoms with Crippen LogP contribution in [0.25, 0.3) is 0 Å². The zero-order valence-corrected chi connectivity index (χ0v) is 17.0. The van der Waals surface area contributed by atoms with Crippen molar-refractivity contribution in [3.8, 4) is 0 Å². The van der Waals surface area contributed by atoms with Crippen LogP contribution in [0.4, 0.5) is 0 Å². The smallest absolute Gasteiger partial charge is 0.0291 e. The van der Waals surface area contributed by atoms with Crippen LogP contribution < -0.4 is 0 Å². The van der Waals surface area contributed by atoms with E-state index in [4.69, 9.17) is 0 Å². The van der Waals surface area contributed by atoms with Crippen LogP contribution in [0.1, 0.15) is 97.8 Å². The first kappa shape index (κ1) is 25.2. The monoisotopic (exact) mass is 332 g/mol. The molecule has 0 spiro atoms. The van der Waals surface area contributed by atoms with Crippen molar-refractivity contribution in [2.24, 2.45) is 5.92 Å². The molecule has 0 heteroatoms. The van der Waals surface area contributed by atoms with Crippen LogP contribution in [0.3, 0.4) is 0 Å². The van der Waals surface area contributed by atoms with Crippen molar-refractivity contribution in [3.05, 3.63) is 49.6 Å². The van der Waals surface area contributed by atoms with E-state index in [-0.39, 0.29) is 0 Å². The zero-order valence-electron chi connectivity index (χ0n) is 17.0. The van der Waals surface area contributed by atoms with E-state index in [1.807, 2.05) is 18.2 Å². The first-order valence-corrected chi connectivity index (χ1v) is 10.2. The Morgan fingerprint density at radius 2 is 1.46 bits per heavy atom. The largest absolute Gasteiger partial charge is 0.103 e. The molecule has 0 aromatic rings. The molecule has 24 heavy (non-hydrogen) atoms. The highest BCUT2D eigenvalue weighted by atomic mass is 14.1. The lowest BCUT2D eigenvalue weighted by Crippen LogP contribution is -1.96. The molecule has 0 aliphatic rings. The molecule has 1 unspecified atom stereocenters. The van der Waals surface area contributed by atoms with Gasteiger partial charge in [0.2, 0.25) is 0 Å². The van der Waals surface area contributed by atoms with E-state index >= 15 is 0 Å². The SMILES string of the molecule is C=CCCCC.C=CCCCCCCC(=CCC)CC(C)CC=C. The Kier molecular flexibility index (Phi) is 23.1. The molecule has 0 saturated carbocycles. The highest BCUT2D eigenvalue weighted by molar-refractivity contribution is 5.03. The van der Waals surface area contributed by atoms with E-state index in [1.54, 1.807) is 5.57 Å². The molecular formula is C24H44. The van der Waals surface area contributed by atoms with E-state index in [0.717, 1.165) is 12.3 Å². The molecule has 0 aliphatic heterocycles. The summed E-state index contributed by atoms with van der Waals surface area (Å²) in [5, 5.41) is 0. The lowest BCUT2D eigenvalue weighted by Gasteiger charge is -2.12. The van der Waals surface area contributed by atoms with E-state index in [9.17, 15) is 0 Å². The molecule has 0 aliphatic carbocycles. The zero-order chi connectivity index (χ0) is 18.5. The van der Waals surface area contributed by atoms with Gasteiger partial charge in [-0.2, -0.15) is 0 Å². The molecule has 1 atom stereocenters. The fourth-order valence-corrected chi connectivity index (χ4v) is 2.73. The van der Waals surface area contributed by atoms with Gasteiger partial charge >= 0.3 is 0 Å². The Morgan fingerprint density at radius 1 is 0.833 bits per heavy atom. The maximum Gasteiger partial charge on any atom is -0.0291 e. The van der Waals surface area contributed by atoms with Crippen LogP contribution in [-0.2, 0) is 0 Å². The van der Waals surface area contributed by atoms with Crippen LogP contribution >= 0.6 is 0 Å². The van der Waals surface area contributed by atoms with Gasteiger partial charge < -0.3 is 0 Å². The summed E-state index contributed by atoms with van der Waals surface area (Å²) in [5.74, 6) is 0.751. The van der Waals surface area contributed by atoms with Gasteiger partial charge in [0.1, 0.15) is 0 Å². The molecule has 0 saturated heterocycles. The third-order valence-corrected chi connectivity index (χ3v) is 4.09. The Labute approximate surface area is 153 Å². The summed E-state index contributed by atoms with van der Waals surface area (Å²) in [6, 6.07) is 0. The average Bonchev–Trinajstić information content (AvgIpc) is 2.57. The average molecular weight is 333 g/mol. The third-order valence-electron chi connectivity index (χ3n) is 4.09. The summed E-state index contributed by atoms with van der Waals surface area (Å²) in [6.07, 6.45) is 23.6. The molecule has 0 N–H and O–H groups in total. The number of rotatable bonds is 15. The minimum atomic E-state index is 0.751. The molecule has 0 amide bonds. The van der Waals surface area contributed by atoms with Crippen molar-refractivity contribution in [2.75, 3.05) is 0 Å². The summed E-state index contributed by atoms with van der Waals surface area (Å²) in [7, 11) is 0. The molecule has 0 aromatic heterocycles. The standard InChI is InChI=1S/C18H32.C6H12/c1-5-8-9-10-11-12-15-18(14-7-3)16-17(4)13-6-2;1-3-5-6-4-2/h5-6,14,17H,1-2,7-13,15-16H2,3-4H3;3H,1,4-6H2,2H3. The van der Waals surface area contributed by atoms with E-state index in [0.29, 0.717) is 0 Å². The summed E-state index contributed by atoms with van der Waals surface area (Å²) >= 11 is 0. The molecule has 0 heterocycles. The van der Waals surface area contributed by atoms with Gasteiger partial charge in [-0.25, -0.2) is 0 Å². The fourth-order valence-electron chi connectivity index (χ4n) is 2.73. The predicted molar refractivity (Wildman–Crippen MR) is 115 cm³/mol. The normalized spacial score (nSPS) is 12.0. The van der Waals surface area contributed by atoms with E-state index in [1.165, 1.54) is 70.6 Å². The topological polar surface area (TPSA) is 0 Å². The molecule has 0 fully saturated rings. The van der Waals surface area contributed by atoms with Gasteiger partial charge in [0, 0.05) is 0 Å². The number of unbranched alkanes of at least 4 members (excludes halogenated alkanes) is 6. The van der Waals surface area contributed by atoms with Gasteiger partial charge in [0.15, 0.2) is 0 Å². The lowest BCUT2D eigenvalue weighted by molar-refractivity contribution is 0.558. The van der Waals surface area contributed by atoms with Crippen molar-refractivity contribution in [1.29, 1.82) is 0 Å². The second-order valence-corrected chi connectivity index (χ2v) is 6.78. The van der Waals surface area contributed by atoms with Gasteiger partial charge in [-0.1, -0.05) is 76.3 Å². The summed E-state index contributed by atoms with van der Waals surface area (Å²) in [6.45, 7) is 17.9. The van der Waals surface area contributed by atoms with Crippen molar-refractivity contribution in [3.63, 3.8) is 0 Å². The van der Waals surface area contributed by atoms with Crippen molar-refractivity contribution in [1.82, 2.24) is 0 Å². The summed E-state index contributed by atoms with van der Waals surface area (Å²) < 4.78 is 0. The van der Waals surface area contributed by atoms with Gasteiger partial charge in [-0.05, 0) is 57.3 Å². The molecule has 0 radical (unpaired) electrons. The van der Waals surface area contributed by atoms with Crippen LogP contribution in [-0.4, -0.2) is 0 Å². The summed E-state index contributed by atoms with van der Waals surface area (Å²) in [5.41, 5.74) is 1.66. The first-order valence-electron chi connectivity index (χ1n) is 10.2. The van der Waals surface area contributed by atoms with Gasteiger partial charge in [-0.15, -0.1) is 19.7 Å². The minimum Gasteiger partial charge on any atom is -0.103 e. The van der Waals surface area contributed by atoms with Crippen molar-refractivity contribution < 1.29 is 0 Å². The third kappa shape index (κ3) is 21.0. The maximum atomic E-state index is 3.83. The lowest BCUT2D eigenvalue weighted by atomic mass is 9.93. The van der Waals surface area contributed by atoms with Gasteiger partial charge in [0.25, 0.3) is 0 Å². The molecule has 0 nitrogen and oxygen atoms in total. The van der Waals surface area contributed by atoms with Crippen LogP contribution in [0.2, 0.25) is 0 Å². The highest BCUT2D eigenvalue weighted by Crippen LogP contribution is 2.21. The van der Waals surface area contributed by atoms with Crippen LogP contribution in [0.5, 0.6) is 0 Å². The Hall–Kier alpha value is -1.04. The fraction of sp³-hybridized carbons (Fsp3) is 0.667. The molecule has 0 rings (SSSR count). The first-order chi connectivity index (χ1) is 11.7. The van der Waals surface area contributed by atoms with Crippen molar-refractivity contribution >= 4 is 0 Å². The van der Waals surface area contributed by atoms with Gasteiger partial charge in [-0.3, -0.25) is 0 Å². The van der Waals surface area contributed by atoms with Gasteiger partial charge in [0.05, 0.1) is 0 Å². The number of hydrogen-bond donors (Lipinski definition) is 0. The Bertz CT molecular complexity index is 308. The Morgan fingerprint density at radius 3 is 1.96 bits per heavy atom. The Balaban J connectivity index is 0. The maximum absolute atomic E-state index is 3.83. The molecular weight excluding hydrogens is 288 g/mol. The van der Waals surface area contributed by atoms with E-state index in [2.05, 4.69) is 46.6 Å². The van der Waals surface area contributed by atoms with Crippen LogP contribution in [0.15, 0.2) is 49.6 Å². The minimum absolute atomic E-state index is 0.751. The molecule has 140 valence electrons. The van der Waals surface area contributed by atoms with Crippen molar-refractivity contribution in [2.45, 2.75) is 97.8 Å². The molecule has 0 aromatic carbocycles. The molecule has 0 bridgehead atoms. The second-order valence-electron chi connectivity index (χ2n) is 6.78. The summed E-state index contributed by atoms with van der Waals surface area (Å²) in [4.78, 5) is 0. The predicted octanol–water partition coefficient (Wildman–Crippen LogP) is 8.81. The quantitative estimate of drug-likeness (QED) is 0.207. The highest BCUT2D eigenvalue weighted by Gasteiger charge is 2.04. The second kappa shape index (κ2) is 22.0.